The van der Waals surface area contributed by atoms with Crippen LogP contribution in [0.3, 0.4) is 0 Å². The zero-order valence-corrected chi connectivity index (χ0v) is 16.6. The zero-order valence-electron chi connectivity index (χ0n) is 16.6. The Kier molecular flexibility index (Phi) is 7.04. The lowest BCUT2D eigenvalue weighted by atomic mass is 10.2. The van der Waals surface area contributed by atoms with Gasteiger partial charge in [-0.25, -0.2) is 4.39 Å². The van der Waals surface area contributed by atoms with Crippen molar-refractivity contribution in [1.29, 1.82) is 5.26 Å². The SMILES string of the molecule is COc1ccccc1N1CC[NH+](CC(=O)N(CCC#N)c2ccccc2F)CC1. The molecule has 1 fully saturated rings. The minimum absolute atomic E-state index is 0.161. The number of ether oxygens (including phenoxy) is 1. The van der Waals surface area contributed by atoms with Crippen molar-refractivity contribution in [2.45, 2.75) is 6.42 Å². The van der Waals surface area contributed by atoms with E-state index in [1.165, 1.54) is 11.0 Å². The molecule has 0 atom stereocenters. The van der Waals surface area contributed by atoms with Gasteiger partial charge in [0, 0.05) is 6.54 Å². The standard InChI is InChI=1S/C22H25FN4O2/c1-29-21-10-5-4-9-20(21)26-15-13-25(14-16-26)17-22(28)27(12-6-11-24)19-8-3-2-7-18(19)23/h2-5,7-10H,6,12-17H2,1H3/p+1. The molecule has 1 amide bonds. The van der Waals surface area contributed by atoms with Crippen LogP contribution in [0.25, 0.3) is 0 Å². The normalized spacial score (nSPS) is 14.3. The lowest BCUT2D eigenvalue weighted by molar-refractivity contribution is -0.892. The van der Waals surface area contributed by atoms with Crippen LogP contribution in [0.1, 0.15) is 6.42 Å². The van der Waals surface area contributed by atoms with Gasteiger partial charge >= 0.3 is 0 Å². The highest BCUT2D eigenvalue weighted by molar-refractivity contribution is 5.94. The summed E-state index contributed by atoms with van der Waals surface area (Å²) in [6.07, 6.45) is 0.164. The fraction of sp³-hybridized carbons (Fsp3) is 0.364. The number of carbonyl (C=O) groups excluding carboxylic acids is 1. The maximum Gasteiger partial charge on any atom is 0.282 e. The third-order valence-corrected chi connectivity index (χ3v) is 5.19. The van der Waals surface area contributed by atoms with Crippen LogP contribution in [0.4, 0.5) is 15.8 Å². The molecule has 29 heavy (non-hydrogen) atoms. The van der Waals surface area contributed by atoms with Gasteiger partial charge in [0.1, 0.15) is 11.6 Å². The maximum atomic E-state index is 14.2. The monoisotopic (exact) mass is 397 g/mol. The van der Waals surface area contributed by atoms with E-state index in [-0.39, 0.29) is 31.1 Å². The van der Waals surface area contributed by atoms with Gasteiger partial charge in [0.15, 0.2) is 6.54 Å². The first-order valence-electron chi connectivity index (χ1n) is 9.77. The first kappa shape index (κ1) is 20.6. The van der Waals surface area contributed by atoms with Gasteiger partial charge in [-0.1, -0.05) is 24.3 Å². The number of hydrogen-bond donors (Lipinski definition) is 1. The average molecular weight is 397 g/mol. The molecular formula is C22H26FN4O2+. The van der Waals surface area contributed by atoms with Crippen LogP contribution in [-0.2, 0) is 4.79 Å². The first-order chi connectivity index (χ1) is 14.1. The second-order valence-corrected chi connectivity index (χ2v) is 6.99. The molecule has 2 aromatic carbocycles. The third-order valence-electron chi connectivity index (χ3n) is 5.19. The van der Waals surface area contributed by atoms with Crippen LogP contribution in [0.15, 0.2) is 48.5 Å². The van der Waals surface area contributed by atoms with E-state index >= 15 is 0 Å². The van der Waals surface area contributed by atoms with Crippen molar-refractivity contribution in [3.05, 3.63) is 54.3 Å². The van der Waals surface area contributed by atoms with Gasteiger partial charge in [0.25, 0.3) is 5.91 Å². The second-order valence-electron chi connectivity index (χ2n) is 6.99. The number of piperazine rings is 1. The number of carbonyl (C=O) groups is 1. The van der Waals surface area contributed by atoms with Crippen molar-refractivity contribution < 1.29 is 18.8 Å². The Labute approximate surface area is 170 Å². The minimum atomic E-state index is -0.449. The molecule has 1 aliphatic rings. The zero-order chi connectivity index (χ0) is 20.6. The van der Waals surface area contributed by atoms with E-state index in [9.17, 15) is 9.18 Å². The van der Waals surface area contributed by atoms with Crippen molar-refractivity contribution in [1.82, 2.24) is 0 Å². The molecule has 152 valence electrons. The van der Waals surface area contributed by atoms with Crippen LogP contribution < -0.4 is 19.4 Å². The van der Waals surface area contributed by atoms with E-state index in [2.05, 4.69) is 4.90 Å². The molecule has 0 saturated carbocycles. The molecular weight excluding hydrogens is 371 g/mol. The predicted octanol–water partition coefficient (Wildman–Crippen LogP) is 1.49. The van der Waals surface area contributed by atoms with Gasteiger partial charge in [-0.2, -0.15) is 5.26 Å². The van der Waals surface area contributed by atoms with Gasteiger partial charge in [-0.3, -0.25) is 4.79 Å². The summed E-state index contributed by atoms with van der Waals surface area (Å²) in [7, 11) is 1.66. The number of para-hydroxylation sites is 3. The van der Waals surface area contributed by atoms with Crippen molar-refractivity contribution in [3.8, 4) is 11.8 Å². The number of anilines is 2. The topological polar surface area (TPSA) is 61.0 Å². The molecule has 0 aliphatic carbocycles. The van der Waals surface area contributed by atoms with Gasteiger partial charge in [0.2, 0.25) is 0 Å². The Morgan fingerprint density at radius 3 is 2.59 bits per heavy atom. The fourth-order valence-corrected chi connectivity index (χ4v) is 3.65. The Morgan fingerprint density at radius 2 is 1.90 bits per heavy atom. The predicted molar refractivity (Wildman–Crippen MR) is 110 cm³/mol. The largest absolute Gasteiger partial charge is 0.495 e. The number of amides is 1. The van der Waals surface area contributed by atoms with E-state index in [1.54, 1.807) is 25.3 Å². The van der Waals surface area contributed by atoms with E-state index in [1.807, 2.05) is 30.3 Å². The molecule has 0 bridgehead atoms. The molecule has 0 spiro atoms. The summed E-state index contributed by atoms with van der Waals surface area (Å²) in [5.41, 5.74) is 1.29. The number of quaternary nitrogens is 1. The molecule has 0 aromatic heterocycles. The Balaban J connectivity index is 1.63. The molecule has 1 aliphatic heterocycles. The van der Waals surface area contributed by atoms with Crippen molar-refractivity contribution >= 4 is 17.3 Å². The summed E-state index contributed by atoms with van der Waals surface area (Å²) in [5.74, 6) is 0.232. The molecule has 0 radical (unpaired) electrons. The van der Waals surface area contributed by atoms with Crippen molar-refractivity contribution in [2.75, 3.05) is 56.2 Å². The van der Waals surface area contributed by atoms with Crippen LogP contribution in [0, 0.1) is 17.1 Å². The number of halogens is 1. The number of nitriles is 1. The average Bonchev–Trinajstić information content (AvgIpc) is 2.75. The summed E-state index contributed by atoms with van der Waals surface area (Å²) < 4.78 is 19.7. The quantitative estimate of drug-likeness (QED) is 0.769. The van der Waals surface area contributed by atoms with Crippen LogP contribution in [0.5, 0.6) is 5.75 Å². The van der Waals surface area contributed by atoms with Crippen LogP contribution >= 0.6 is 0 Å². The van der Waals surface area contributed by atoms with Gasteiger partial charge in [-0.05, 0) is 24.3 Å². The summed E-state index contributed by atoms with van der Waals surface area (Å²) >= 11 is 0. The summed E-state index contributed by atoms with van der Waals surface area (Å²) in [4.78, 5) is 17.7. The number of methoxy groups -OCH3 is 1. The molecule has 0 unspecified atom stereocenters. The summed E-state index contributed by atoms with van der Waals surface area (Å²) in [6, 6.07) is 16.2. The Bertz CT molecular complexity index is 875. The lowest BCUT2D eigenvalue weighted by Crippen LogP contribution is -3.16. The van der Waals surface area contributed by atoms with Crippen LogP contribution in [-0.4, -0.2) is 52.3 Å². The highest BCUT2D eigenvalue weighted by Gasteiger charge is 2.27. The van der Waals surface area contributed by atoms with E-state index in [4.69, 9.17) is 10.00 Å². The number of nitrogens with one attached hydrogen (secondary N) is 1. The molecule has 7 heteroatoms. The third kappa shape index (κ3) is 5.04. The Hall–Kier alpha value is -3.11. The lowest BCUT2D eigenvalue weighted by Gasteiger charge is -2.34. The number of hydrogen-bond acceptors (Lipinski definition) is 4. The first-order valence-corrected chi connectivity index (χ1v) is 9.77. The fourth-order valence-electron chi connectivity index (χ4n) is 3.65. The maximum absolute atomic E-state index is 14.2. The van der Waals surface area contributed by atoms with E-state index in [0.717, 1.165) is 42.5 Å². The summed E-state index contributed by atoms with van der Waals surface area (Å²) in [6.45, 7) is 3.68. The van der Waals surface area contributed by atoms with Gasteiger partial charge in [0.05, 0.1) is 57.2 Å². The van der Waals surface area contributed by atoms with E-state index in [0.29, 0.717) is 0 Å². The minimum Gasteiger partial charge on any atom is -0.495 e. The molecule has 6 nitrogen and oxygen atoms in total. The number of benzene rings is 2. The molecule has 1 saturated heterocycles. The van der Waals surface area contributed by atoms with Crippen molar-refractivity contribution in [2.24, 2.45) is 0 Å². The van der Waals surface area contributed by atoms with Gasteiger partial charge in [-0.15, -0.1) is 0 Å². The number of rotatable bonds is 7. The van der Waals surface area contributed by atoms with Gasteiger partial charge < -0.3 is 19.4 Å². The molecule has 2 aromatic rings. The Morgan fingerprint density at radius 1 is 1.21 bits per heavy atom. The van der Waals surface area contributed by atoms with Crippen LogP contribution in [0.2, 0.25) is 0 Å². The summed E-state index contributed by atoms with van der Waals surface area (Å²) in [5, 5.41) is 8.91. The highest BCUT2D eigenvalue weighted by atomic mass is 19.1. The molecule has 1 heterocycles. The molecule has 1 N–H and O–H groups in total. The molecule has 3 rings (SSSR count). The van der Waals surface area contributed by atoms with Crippen molar-refractivity contribution in [3.63, 3.8) is 0 Å². The smallest absolute Gasteiger partial charge is 0.282 e. The highest BCUT2D eigenvalue weighted by Crippen LogP contribution is 2.27. The number of nitrogens with zero attached hydrogens (tertiary/aromatic N) is 3. The second kappa shape index (κ2) is 9.89. The van der Waals surface area contributed by atoms with E-state index < -0.39 is 5.82 Å².